The van der Waals surface area contributed by atoms with Gasteiger partial charge in [-0.05, 0) is 29.3 Å². The molecule has 0 spiro atoms. The quantitative estimate of drug-likeness (QED) is 0.727. The fourth-order valence-electron chi connectivity index (χ4n) is 2.18. The normalized spacial score (nSPS) is 13.4. The van der Waals surface area contributed by atoms with Crippen LogP contribution in [0.4, 0.5) is 5.69 Å². The summed E-state index contributed by atoms with van der Waals surface area (Å²) < 4.78 is 0. The number of hydrogen-bond acceptors (Lipinski definition) is 4. The molecule has 6 heteroatoms. The summed E-state index contributed by atoms with van der Waals surface area (Å²) in [5.41, 5.74) is 8.47. The second kappa shape index (κ2) is 4.24. The molecule has 0 unspecified atom stereocenters. The first kappa shape index (κ1) is 11.5. The Morgan fingerprint density at radius 3 is 2.74 bits per heavy atom. The molecule has 0 bridgehead atoms. The van der Waals surface area contributed by atoms with Gasteiger partial charge < -0.3 is 10.6 Å². The highest BCUT2D eigenvalue weighted by molar-refractivity contribution is 5.92. The van der Waals surface area contributed by atoms with Crippen LogP contribution in [-0.2, 0) is 13.1 Å². The zero-order chi connectivity index (χ0) is 13.4. The number of fused-ring (bicyclic) bond motifs is 1. The molecule has 0 saturated carbocycles. The summed E-state index contributed by atoms with van der Waals surface area (Å²) in [5, 5.41) is 6.01. The Bertz CT molecular complexity index is 688. The molecule has 2 aromatic rings. The minimum Gasteiger partial charge on any atom is -0.399 e. The third-order valence-electron chi connectivity index (χ3n) is 3.14. The Morgan fingerprint density at radius 1 is 1.21 bits per heavy atom. The van der Waals surface area contributed by atoms with Crippen LogP contribution in [-0.4, -0.2) is 21.0 Å². The molecule has 0 fully saturated rings. The lowest BCUT2D eigenvalue weighted by Crippen LogP contribution is -2.27. The fourth-order valence-corrected chi connectivity index (χ4v) is 2.18. The van der Waals surface area contributed by atoms with Gasteiger partial charge in [-0.15, -0.1) is 0 Å². The molecule has 1 aromatic heterocycles. The van der Waals surface area contributed by atoms with Crippen LogP contribution in [0.25, 0.3) is 0 Å². The number of hydrogen-bond donors (Lipinski definition) is 2. The number of amides is 1. The van der Waals surface area contributed by atoms with Crippen molar-refractivity contribution in [1.29, 1.82) is 0 Å². The SMILES string of the molecule is Nc1ccc2c(c1)CN(C(=O)c1ccc(=O)[nH]n1)C2. The summed E-state index contributed by atoms with van der Waals surface area (Å²) in [5.74, 6) is -0.203. The van der Waals surface area contributed by atoms with E-state index in [0.717, 1.165) is 11.1 Å². The Balaban J connectivity index is 1.84. The van der Waals surface area contributed by atoms with Crippen molar-refractivity contribution >= 4 is 11.6 Å². The maximum atomic E-state index is 12.2. The van der Waals surface area contributed by atoms with E-state index in [1.807, 2.05) is 18.2 Å². The summed E-state index contributed by atoms with van der Waals surface area (Å²) in [7, 11) is 0. The molecule has 1 aliphatic rings. The second-order valence-electron chi connectivity index (χ2n) is 4.50. The van der Waals surface area contributed by atoms with Gasteiger partial charge in [-0.25, -0.2) is 5.10 Å². The van der Waals surface area contributed by atoms with E-state index < -0.39 is 0 Å². The number of carbonyl (C=O) groups is 1. The molecule has 1 amide bonds. The first-order chi connectivity index (χ1) is 9.13. The van der Waals surface area contributed by atoms with Gasteiger partial charge in [0.25, 0.3) is 11.5 Å². The number of H-pyrrole nitrogens is 1. The zero-order valence-electron chi connectivity index (χ0n) is 10.1. The van der Waals surface area contributed by atoms with Gasteiger partial charge in [0.05, 0.1) is 0 Å². The van der Waals surface area contributed by atoms with Crippen molar-refractivity contribution < 1.29 is 4.79 Å². The summed E-state index contributed by atoms with van der Waals surface area (Å²) in [6.45, 7) is 1.05. The van der Waals surface area contributed by atoms with Gasteiger partial charge in [-0.3, -0.25) is 9.59 Å². The van der Waals surface area contributed by atoms with Crippen LogP contribution >= 0.6 is 0 Å². The number of aromatic nitrogens is 2. The van der Waals surface area contributed by atoms with Crippen molar-refractivity contribution in [2.45, 2.75) is 13.1 Å². The van der Waals surface area contributed by atoms with Crippen molar-refractivity contribution in [2.24, 2.45) is 0 Å². The van der Waals surface area contributed by atoms with E-state index in [-0.39, 0.29) is 17.2 Å². The smallest absolute Gasteiger partial charge is 0.274 e. The predicted octanol–water partition coefficient (Wildman–Crippen LogP) is 0.508. The summed E-state index contributed by atoms with van der Waals surface area (Å²) in [4.78, 5) is 24.8. The van der Waals surface area contributed by atoms with E-state index in [1.165, 1.54) is 12.1 Å². The maximum Gasteiger partial charge on any atom is 0.274 e. The van der Waals surface area contributed by atoms with Crippen molar-refractivity contribution in [1.82, 2.24) is 15.1 Å². The number of aromatic amines is 1. The number of anilines is 1. The third-order valence-corrected chi connectivity index (χ3v) is 3.14. The van der Waals surface area contributed by atoms with E-state index in [1.54, 1.807) is 4.90 Å². The number of nitrogens with one attached hydrogen (secondary N) is 1. The molecule has 0 radical (unpaired) electrons. The highest BCUT2D eigenvalue weighted by Crippen LogP contribution is 2.25. The standard InChI is InChI=1S/C13H12N4O2/c14-10-2-1-8-6-17(7-9(8)5-10)13(19)11-3-4-12(18)16-15-11/h1-5H,6-7,14H2,(H,16,18). The van der Waals surface area contributed by atoms with Gasteiger partial charge in [0.1, 0.15) is 5.69 Å². The largest absolute Gasteiger partial charge is 0.399 e. The Labute approximate surface area is 108 Å². The van der Waals surface area contributed by atoms with Crippen LogP contribution in [0.5, 0.6) is 0 Å². The van der Waals surface area contributed by atoms with Crippen LogP contribution in [0.3, 0.4) is 0 Å². The van der Waals surface area contributed by atoms with Crippen molar-refractivity contribution in [3.05, 3.63) is 57.5 Å². The Morgan fingerprint density at radius 2 is 2.00 bits per heavy atom. The van der Waals surface area contributed by atoms with E-state index in [4.69, 9.17) is 5.73 Å². The van der Waals surface area contributed by atoms with Crippen LogP contribution in [0.15, 0.2) is 35.1 Å². The molecule has 19 heavy (non-hydrogen) atoms. The average molecular weight is 256 g/mol. The topological polar surface area (TPSA) is 92.1 Å². The van der Waals surface area contributed by atoms with Gasteiger partial charge in [0, 0.05) is 24.8 Å². The monoisotopic (exact) mass is 256 g/mol. The number of nitrogens with zero attached hydrogens (tertiary/aromatic N) is 2. The lowest BCUT2D eigenvalue weighted by Gasteiger charge is -2.14. The van der Waals surface area contributed by atoms with E-state index in [2.05, 4.69) is 10.2 Å². The molecule has 3 N–H and O–H groups in total. The van der Waals surface area contributed by atoms with Crippen molar-refractivity contribution in [3.8, 4) is 0 Å². The van der Waals surface area contributed by atoms with Crippen LogP contribution in [0.1, 0.15) is 21.6 Å². The van der Waals surface area contributed by atoms with Crippen LogP contribution in [0.2, 0.25) is 0 Å². The number of nitrogens with two attached hydrogens (primary N) is 1. The molecule has 1 aromatic carbocycles. The number of benzene rings is 1. The minimum atomic E-state index is -0.325. The van der Waals surface area contributed by atoms with Gasteiger partial charge in [0.15, 0.2) is 0 Å². The zero-order valence-corrected chi connectivity index (χ0v) is 10.1. The average Bonchev–Trinajstić information content (AvgIpc) is 2.81. The Kier molecular flexibility index (Phi) is 2.56. The highest BCUT2D eigenvalue weighted by Gasteiger charge is 2.25. The molecule has 96 valence electrons. The number of carbonyl (C=O) groups excluding carboxylic acids is 1. The lowest BCUT2D eigenvalue weighted by atomic mass is 10.1. The maximum absolute atomic E-state index is 12.2. The van der Waals surface area contributed by atoms with E-state index in [9.17, 15) is 9.59 Å². The van der Waals surface area contributed by atoms with Gasteiger partial charge >= 0.3 is 0 Å². The van der Waals surface area contributed by atoms with Crippen molar-refractivity contribution in [2.75, 3.05) is 5.73 Å². The second-order valence-corrected chi connectivity index (χ2v) is 4.50. The van der Waals surface area contributed by atoms with Crippen molar-refractivity contribution in [3.63, 3.8) is 0 Å². The summed E-state index contributed by atoms with van der Waals surface area (Å²) >= 11 is 0. The third kappa shape index (κ3) is 2.08. The molecule has 6 nitrogen and oxygen atoms in total. The summed E-state index contributed by atoms with van der Waals surface area (Å²) in [6.07, 6.45) is 0. The van der Waals surface area contributed by atoms with E-state index in [0.29, 0.717) is 18.8 Å². The molecule has 0 atom stereocenters. The molecular formula is C13H12N4O2. The molecule has 0 aliphatic carbocycles. The summed E-state index contributed by atoms with van der Waals surface area (Å²) in [6, 6.07) is 8.35. The number of rotatable bonds is 1. The first-order valence-corrected chi connectivity index (χ1v) is 5.86. The van der Waals surface area contributed by atoms with Gasteiger partial charge in [-0.1, -0.05) is 6.07 Å². The molecular weight excluding hydrogens is 244 g/mol. The predicted molar refractivity (Wildman–Crippen MR) is 69.3 cm³/mol. The first-order valence-electron chi connectivity index (χ1n) is 5.86. The van der Waals surface area contributed by atoms with Gasteiger partial charge in [-0.2, -0.15) is 5.10 Å². The lowest BCUT2D eigenvalue weighted by molar-refractivity contribution is 0.0744. The minimum absolute atomic E-state index is 0.203. The molecule has 1 aliphatic heterocycles. The number of nitrogen functional groups attached to an aromatic ring is 1. The fraction of sp³-hybridized carbons (Fsp3) is 0.154. The molecule has 0 saturated heterocycles. The Hall–Kier alpha value is -2.63. The molecule has 3 rings (SSSR count). The van der Waals surface area contributed by atoms with Crippen LogP contribution in [0, 0.1) is 0 Å². The highest BCUT2D eigenvalue weighted by atomic mass is 16.2. The molecule has 2 heterocycles. The van der Waals surface area contributed by atoms with Crippen LogP contribution < -0.4 is 11.3 Å². The van der Waals surface area contributed by atoms with E-state index >= 15 is 0 Å². The van der Waals surface area contributed by atoms with Gasteiger partial charge in [0.2, 0.25) is 0 Å².